The monoisotopic (exact) mass is 226 g/mol. The van der Waals surface area contributed by atoms with Crippen molar-refractivity contribution in [3.63, 3.8) is 0 Å². The zero-order valence-electron chi connectivity index (χ0n) is 10.6. The lowest BCUT2D eigenvalue weighted by Gasteiger charge is -2.18. The van der Waals surface area contributed by atoms with Crippen molar-refractivity contribution in [3.05, 3.63) is 35.7 Å². The minimum absolute atomic E-state index is 0.467. The Balaban J connectivity index is 2.38. The quantitative estimate of drug-likeness (QED) is 0.722. The van der Waals surface area contributed by atoms with Crippen LogP contribution in [0.4, 0.5) is 0 Å². The number of allylic oxidation sites excluding steroid dienone is 1. The molecule has 1 aliphatic carbocycles. The lowest BCUT2D eigenvalue weighted by atomic mass is 9.95. The standard InChI is InChI=1S/C15H18N2/c1-10(2)17-14-9-11(3)6-7-12(14)13-5-4-8-16-15(13)17/h4-8,10-11H,9H2,1-3H3. The summed E-state index contributed by atoms with van der Waals surface area (Å²) in [6.07, 6.45) is 7.59. The highest BCUT2D eigenvalue weighted by atomic mass is 15.1. The molecule has 0 saturated heterocycles. The Labute approximate surface area is 102 Å². The summed E-state index contributed by atoms with van der Waals surface area (Å²) in [5.41, 5.74) is 3.95. The predicted octanol–water partition coefficient (Wildman–Crippen LogP) is 3.82. The van der Waals surface area contributed by atoms with Crippen molar-refractivity contribution in [2.45, 2.75) is 33.2 Å². The maximum Gasteiger partial charge on any atom is 0.140 e. The first kappa shape index (κ1) is 10.6. The van der Waals surface area contributed by atoms with Gasteiger partial charge < -0.3 is 4.57 Å². The van der Waals surface area contributed by atoms with E-state index in [0.717, 1.165) is 12.1 Å². The van der Waals surface area contributed by atoms with E-state index in [1.54, 1.807) is 0 Å². The van der Waals surface area contributed by atoms with Gasteiger partial charge >= 0.3 is 0 Å². The molecule has 2 heterocycles. The molecule has 0 aliphatic heterocycles. The Morgan fingerprint density at radius 1 is 1.41 bits per heavy atom. The highest BCUT2D eigenvalue weighted by Crippen LogP contribution is 2.33. The lowest BCUT2D eigenvalue weighted by molar-refractivity contribution is 0.564. The first-order chi connectivity index (χ1) is 8.18. The molecule has 0 fully saturated rings. The number of hydrogen-bond donors (Lipinski definition) is 0. The van der Waals surface area contributed by atoms with Crippen molar-refractivity contribution >= 4 is 17.1 Å². The second-order valence-electron chi connectivity index (χ2n) is 5.24. The zero-order chi connectivity index (χ0) is 12.0. The molecule has 1 aliphatic rings. The van der Waals surface area contributed by atoms with Gasteiger partial charge in [-0.15, -0.1) is 0 Å². The molecule has 0 aromatic carbocycles. The van der Waals surface area contributed by atoms with Crippen LogP contribution < -0.4 is 0 Å². The fraction of sp³-hybridized carbons (Fsp3) is 0.400. The first-order valence-corrected chi connectivity index (χ1v) is 6.34. The largest absolute Gasteiger partial charge is 0.326 e. The van der Waals surface area contributed by atoms with E-state index in [1.165, 1.54) is 16.6 Å². The third-order valence-corrected chi connectivity index (χ3v) is 3.53. The van der Waals surface area contributed by atoms with E-state index in [1.807, 2.05) is 12.3 Å². The molecule has 2 aromatic heterocycles. The Morgan fingerprint density at radius 2 is 2.24 bits per heavy atom. The molecule has 2 aromatic rings. The highest BCUT2D eigenvalue weighted by Gasteiger charge is 2.21. The zero-order valence-corrected chi connectivity index (χ0v) is 10.6. The molecule has 0 N–H and O–H groups in total. The Morgan fingerprint density at radius 3 is 3.00 bits per heavy atom. The van der Waals surface area contributed by atoms with Gasteiger partial charge in [0.1, 0.15) is 5.65 Å². The molecule has 3 rings (SSSR count). The summed E-state index contributed by atoms with van der Waals surface area (Å²) < 4.78 is 2.39. The van der Waals surface area contributed by atoms with E-state index in [2.05, 4.69) is 48.5 Å². The Bertz CT molecular complexity index is 590. The van der Waals surface area contributed by atoms with Crippen LogP contribution in [0.5, 0.6) is 0 Å². The lowest BCUT2D eigenvalue weighted by Crippen LogP contribution is -2.11. The van der Waals surface area contributed by atoms with Gasteiger partial charge in [-0.2, -0.15) is 0 Å². The molecule has 2 heteroatoms. The minimum Gasteiger partial charge on any atom is -0.326 e. The summed E-state index contributed by atoms with van der Waals surface area (Å²) in [6.45, 7) is 6.74. The summed E-state index contributed by atoms with van der Waals surface area (Å²) in [5.74, 6) is 0.629. The number of hydrogen-bond acceptors (Lipinski definition) is 1. The first-order valence-electron chi connectivity index (χ1n) is 6.34. The number of pyridine rings is 1. The molecular weight excluding hydrogens is 208 g/mol. The third kappa shape index (κ3) is 1.51. The summed E-state index contributed by atoms with van der Waals surface area (Å²) >= 11 is 0. The van der Waals surface area contributed by atoms with E-state index in [9.17, 15) is 0 Å². The van der Waals surface area contributed by atoms with Crippen molar-refractivity contribution in [2.24, 2.45) is 5.92 Å². The highest BCUT2D eigenvalue weighted by molar-refractivity contribution is 5.89. The fourth-order valence-electron chi connectivity index (χ4n) is 2.80. The maximum absolute atomic E-state index is 4.56. The maximum atomic E-state index is 4.56. The average Bonchev–Trinajstić information content (AvgIpc) is 2.62. The molecule has 0 radical (unpaired) electrons. The molecule has 88 valence electrons. The van der Waals surface area contributed by atoms with Crippen LogP contribution in [0.3, 0.4) is 0 Å². The van der Waals surface area contributed by atoms with Gasteiger partial charge in [0.25, 0.3) is 0 Å². The van der Waals surface area contributed by atoms with E-state index >= 15 is 0 Å². The second kappa shape index (κ2) is 3.73. The predicted molar refractivity (Wildman–Crippen MR) is 72.0 cm³/mol. The van der Waals surface area contributed by atoms with E-state index < -0.39 is 0 Å². The molecule has 0 spiro atoms. The van der Waals surface area contributed by atoms with Crippen molar-refractivity contribution in [2.75, 3.05) is 0 Å². The molecule has 0 saturated carbocycles. The van der Waals surface area contributed by atoms with E-state index in [0.29, 0.717) is 12.0 Å². The topological polar surface area (TPSA) is 17.8 Å². The second-order valence-corrected chi connectivity index (χ2v) is 5.24. The molecule has 17 heavy (non-hydrogen) atoms. The van der Waals surface area contributed by atoms with Gasteiger partial charge in [-0.25, -0.2) is 4.98 Å². The number of aromatic nitrogens is 2. The van der Waals surface area contributed by atoms with E-state index in [4.69, 9.17) is 0 Å². The molecule has 0 amide bonds. The van der Waals surface area contributed by atoms with Crippen LogP contribution in [0.1, 0.15) is 38.1 Å². The molecule has 1 atom stereocenters. The van der Waals surface area contributed by atoms with Gasteiger partial charge in [0.15, 0.2) is 0 Å². The smallest absolute Gasteiger partial charge is 0.140 e. The normalized spacial score (nSPS) is 18.9. The SMILES string of the molecule is CC1C=Cc2c(n(C(C)C)c3ncccc23)C1. The Hall–Kier alpha value is -1.57. The van der Waals surface area contributed by atoms with Crippen LogP contribution in [0.25, 0.3) is 17.1 Å². The van der Waals surface area contributed by atoms with Gasteiger partial charge in [-0.05, 0) is 38.3 Å². The van der Waals surface area contributed by atoms with Gasteiger partial charge in [0.2, 0.25) is 0 Å². The molecule has 2 nitrogen and oxygen atoms in total. The molecule has 1 unspecified atom stereocenters. The summed E-state index contributed by atoms with van der Waals surface area (Å²) in [6, 6.07) is 4.68. The summed E-state index contributed by atoms with van der Waals surface area (Å²) in [7, 11) is 0. The summed E-state index contributed by atoms with van der Waals surface area (Å²) in [4.78, 5) is 4.56. The van der Waals surface area contributed by atoms with Crippen molar-refractivity contribution in [1.29, 1.82) is 0 Å². The van der Waals surface area contributed by atoms with Crippen LogP contribution in [0.15, 0.2) is 24.4 Å². The molecule has 0 bridgehead atoms. The van der Waals surface area contributed by atoms with Gasteiger partial charge in [-0.1, -0.05) is 19.1 Å². The van der Waals surface area contributed by atoms with Crippen molar-refractivity contribution in [1.82, 2.24) is 9.55 Å². The van der Waals surface area contributed by atoms with Crippen molar-refractivity contribution in [3.8, 4) is 0 Å². The van der Waals surface area contributed by atoms with Crippen LogP contribution in [0.2, 0.25) is 0 Å². The van der Waals surface area contributed by atoms with Crippen LogP contribution in [0, 0.1) is 5.92 Å². The van der Waals surface area contributed by atoms with Crippen molar-refractivity contribution < 1.29 is 0 Å². The van der Waals surface area contributed by atoms with Crippen LogP contribution >= 0.6 is 0 Å². The van der Waals surface area contributed by atoms with Gasteiger partial charge in [-0.3, -0.25) is 0 Å². The van der Waals surface area contributed by atoms with Gasteiger partial charge in [0, 0.05) is 28.9 Å². The number of rotatable bonds is 1. The minimum atomic E-state index is 0.467. The fourth-order valence-corrected chi connectivity index (χ4v) is 2.80. The Kier molecular flexibility index (Phi) is 2.32. The molecular formula is C15H18N2. The number of fused-ring (bicyclic) bond motifs is 3. The average molecular weight is 226 g/mol. The van der Waals surface area contributed by atoms with Gasteiger partial charge in [0.05, 0.1) is 0 Å². The van der Waals surface area contributed by atoms with Crippen LogP contribution in [-0.4, -0.2) is 9.55 Å². The van der Waals surface area contributed by atoms with E-state index in [-0.39, 0.29) is 0 Å². The summed E-state index contributed by atoms with van der Waals surface area (Å²) in [5, 5.41) is 1.29. The number of nitrogens with zero attached hydrogens (tertiary/aromatic N) is 2. The van der Waals surface area contributed by atoms with Crippen LogP contribution in [-0.2, 0) is 6.42 Å². The third-order valence-electron chi connectivity index (χ3n) is 3.53.